The van der Waals surface area contributed by atoms with Crippen molar-refractivity contribution in [1.29, 1.82) is 5.26 Å². The third-order valence-electron chi connectivity index (χ3n) is 3.79. The van der Waals surface area contributed by atoms with Gasteiger partial charge in [-0.3, -0.25) is 18.7 Å². The number of aromatic nitrogens is 2. The summed E-state index contributed by atoms with van der Waals surface area (Å²) in [4.78, 5) is 36.0. The highest BCUT2D eigenvalue weighted by molar-refractivity contribution is 6.02. The van der Waals surface area contributed by atoms with Crippen molar-refractivity contribution in [3.05, 3.63) is 74.8 Å². The van der Waals surface area contributed by atoms with E-state index in [1.165, 1.54) is 38.6 Å². The number of furan rings is 1. The summed E-state index contributed by atoms with van der Waals surface area (Å²) >= 11 is 0. The average Bonchev–Trinajstić information content (AvgIpc) is 3.21. The molecule has 2 heterocycles. The Hall–Kier alpha value is -4.06. The third-order valence-corrected chi connectivity index (χ3v) is 3.79. The Kier molecular flexibility index (Phi) is 4.64. The van der Waals surface area contributed by atoms with Crippen molar-refractivity contribution in [2.75, 3.05) is 5.32 Å². The lowest BCUT2D eigenvalue weighted by atomic mass is 10.3. The predicted octanol–water partition coefficient (Wildman–Crippen LogP) is 1.59. The zero-order chi connectivity index (χ0) is 19.6. The zero-order valence-electron chi connectivity index (χ0n) is 14.4. The molecule has 0 aliphatic heterocycles. The van der Waals surface area contributed by atoms with Gasteiger partial charge in [0.25, 0.3) is 11.5 Å². The van der Waals surface area contributed by atoms with E-state index in [4.69, 9.17) is 9.15 Å². The monoisotopic (exact) mass is 366 g/mol. The molecule has 3 aromatic rings. The van der Waals surface area contributed by atoms with Crippen LogP contribution in [0.1, 0.15) is 16.1 Å². The van der Waals surface area contributed by atoms with Crippen LogP contribution >= 0.6 is 0 Å². The summed E-state index contributed by atoms with van der Waals surface area (Å²) in [5.41, 5.74) is -1.15. The standard InChI is InChI=1S/C18H14N4O5/c1-21-16(24)13(10-19)17(22(2)18(21)25)27-12-7-5-11(6-8-12)20-15(23)14-4-3-9-26-14/h3-9H,1-2H3,(H,20,23). The lowest BCUT2D eigenvalue weighted by Crippen LogP contribution is -2.38. The number of hydrogen-bond donors (Lipinski definition) is 1. The molecule has 0 atom stereocenters. The maximum atomic E-state index is 12.1. The van der Waals surface area contributed by atoms with Crippen LogP contribution in [0.3, 0.4) is 0 Å². The Labute approximate surface area is 152 Å². The van der Waals surface area contributed by atoms with E-state index in [1.54, 1.807) is 24.3 Å². The number of hydrogen-bond acceptors (Lipinski definition) is 6. The first-order chi connectivity index (χ1) is 12.9. The molecule has 136 valence electrons. The Balaban J connectivity index is 1.86. The molecule has 0 saturated carbocycles. The van der Waals surface area contributed by atoms with Crippen LogP contribution in [-0.2, 0) is 14.1 Å². The smallest absolute Gasteiger partial charge is 0.333 e. The van der Waals surface area contributed by atoms with E-state index in [9.17, 15) is 19.6 Å². The van der Waals surface area contributed by atoms with Crippen molar-refractivity contribution < 1.29 is 13.9 Å². The molecular formula is C18H14N4O5. The van der Waals surface area contributed by atoms with E-state index in [1.807, 2.05) is 0 Å². The second-order valence-corrected chi connectivity index (χ2v) is 5.56. The maximum Gasteiger partial charge on any atom is 0.333 e. The molecule has 27 heavy (non-hydrogen) atoms. The zero-order valence-corrected chi connectivity index (χ0v) is 14.4. The number of anilines is 1. The Morgan fingerprint density at radius 2 is 1.85 bits per heavy atom. The number of nitriles is 1. The lowest BCUT2D eigenvalue weighted by Gasteiger charge is -2.13. The van der Waals surface area contributed by atoms with E-state index >= 15 is 0 Å². The van der Waals surface area contributed by atoms with E-state index in [0.717, 1.165) is 9.13 Å². The van der Waals surface area contributed by atoms with Crippen molar-refractivity contribution in [2.24, 2.45) is 14.1 Å². The highest BCUT2D eigenvalue weighted by atomic mass is 16.5. The molecule has 9 nitrogen and oxygen atoms in total. The van der Waals surface area contributed by atoms with Gasteiger partial charge in [-0.05, 0) is 36.4 Å². The number of ether oxygens (including phenoxy) is 1. The fraction of sp³-hybridized carbons (Fsp3) is 0.111. The van der Waals surface area contributed by atoms with Gasteiger partial charge in [-0.2, -0.15) is 5.26 Å². The summed E-state index contributed by atoms with van der Waals surface area (Å²) < 4.78 is 12.5. The van der Waals surface area contributed by atoms with Crippen LogP contribution in [0, 0.1) is 11.3 Å². The number of benzene rings is 1. The molecule has 1 aromatic carbocycles. The van der Waals surface area contributed by atoms with Gasteiger partial charge in [0.2, 0.25) is 5.88 Å². The highest BCUT2D eigenvalue weighted by Gasteiger charge is 2.17. The number of carbonyl (C=O) groups is 1. The first kappa shape index (κ1) is 17.8. The number of amides is 1. The minimum atomic E-state index is -0.738. The first-order valence-electron chi connectivity index (χ1n) is 7.75. The minimum Gasteiger partial charge on any atom is -0.459 e. The van der Waals surface area contributed by atoms with Gasteiger partial charge in [0.05, 0.1) is 6.26 Å². The summed E-state index contributed by atoms with van der Waals surface area (Å²) in [7, 11) is 2.68. The molecular weight excluding hydrogens is 352 g/mol. The van der Waals surface area contributed by atoms with Crippen molar-refractivity contribution in [2.45, 2.75) is 0 Å². The lowest BCUT2D eigenvalue weighted by molar-refractivity contribution is 0.0996. The van der Waals surface area contributed by atoms with Crippen molar-refractivity contribution >= 4 is 11.6 Å². The molecule has 0 saturated heterocycles. The van der Waals surface area contributed by atoms with Crippen LogP contribution in [0.2, 0.25) is 0 Å². The van der Waals surface area contributed by atoms with Gasteiger partial charge in [-0.1, -0.05) is 0 Å². The van der Waals surface area contributed by atoms with Gasteiger partial charge >= 0.3 is 5.69 Å². The van der Waals surface area contributed by atoms with E-state index in [0.29, 0.717) is 5.69 Å². The molecule has 0 bridgehead atoms. The van der Waals surface area contributed by atoms with Crippen molar-refractivity contribution in [1.82, 2.24) is 9.13 Å². The van der Waals surface area contributed by atoms with Gasteiger partial charge in [-0.25, -0.2) is 4.79 Å². The van der Waals surface area contributed by atoms with Gasteiger partial charge in [-0.15, -0.1) is 0 Å². The van der Waals surface area contributed by atoms with Gasteiger partial charge < -0.3 is 14.5 Å². The minimum absolute atomic E-state index is 0.155. The third kappa shape index (κ3) is 3.36. The van der Waals surface area contributed by atoms with Crippen LogP contribution in [0.25, 0.3) is 0 Å². The molecule has 0 fully saturated rings. The fourth-order valence-electron chi connectivity index (χ4n) is 2.36. The maximum absolute atomic E-state index is 12.1. The molecule has 0 aliphatic carbocycles. The number of nitrogens with zero attached hydrogens (tertiary/aromatic N) is 3. The first-order valence-corrected chi connectivity index (χ1v) is 7.75. The fourth-order valence-corrected chi connectivity index (χ4v) is 2.36. The summed E-state index contributed by atoms with van der Waals surface area (Å²) in [5, 5.41) is 11.9. The SMILES string of the molecule is Cn1c(Oc2ccc(NC(=O)c3ccco3)cc2)c(C#N)c(=O)n(C)c1=O. The molecule has 3 rings (SSSR count). The molecule has 0 spiro atoms. The van der Waals surface area contributed by atoms with Crippen LogP contribution in [0.15, 0.2) is 56.7 Å². The van der Waals surface area contributed by atoms with Gasteiger partial charge in [0, 0.05) is 19.8 Å². The largest absolute Gasteiger partial charge is 0.459 e. The highest BCUT2D eigenvalue weighted by Crippen LogP contribution is 2.23. The Morgan fingerprint density at radius 3 is 2.44 bits per heavy atom. The second kappa shape index (κ2) is 7.05. The van der Waals surface area contributed by atoms with Crippen LogP contribution in [0.4, 0.5) is 5.69 Å². The van der Waals surface area contributed by atoms with Crippen LogP contribution in [0.5, 0.6) is 11.6 Å². The normalized spacial score (nSPS) is 10.3. The Morgan fingerprint density at radius 1 is 1.15 bits per heavy atom. The molecule has 9 heteroatoms. The number of carbonyl (C=O) groups excluding carboxylic acids is 1. The summed E-state index contributed by atoms with van der Waals surface area (Å²) in [6.45, 7) is 0. The Bertz CT molecular complexity index is 1150. The molecule has 1 amide bonds. The molecule has 1 N–H and O–H groups in total. The van der Waals surface area contributed by atoms with Gasteiger partial charge in [0.1, 0.15) is 11.8 Å². The predicted molar refractivity (Wildman–Crippen MR) is 94.8 cm³/mol. The summed E-state index contributed by atoms with van der Waals surface area (Å²) in [6, 6.07) is 11.1. The van der Waals surface area contributed by atoms with E-state index in [2.05, 4.69) is 5.32 Å². The molecule has 0 unspecified atom stereocenters. The topological polar surface area (TPSA) is 119 Å². The van der Waals surface area contributed by atoms with E-state index in [-0.39, 0.29) is 23.0 Å². The van der Waals surface area contributed by atoms with Gasteiger partial charge in [0.15, 0.2) is 11.3 Å². The van der Waals surface area contributed by atoms with Crippen LogP contribution in [-0.4, -0.2) is 15.0 Å². The summed E-state index contributed by atoms with van der Waals surface area (Å²) in [5.74, 6) is -0.109. The van der Waals surface area contributed by atoms with Crippen molar-refractivity contribution in [3.63, 3.8) is 0 Å². The molecule has 0 aliphatic rings. The second-order valence-electron chi connectivity index (χ2n) is 5.56. The quantitative estimate of drug-likeness (QED) is 0.749. The van der Waals surface area contributed by atoms with Crippen LogP contribution < -0.4 is 21.3 Å². The summed E-state index contributed by atoms with van der Waals surface area (Å²) in [6.07, 6.45) is 1.40. The molecule has 2 aromatic heterocycles. The van der Waals surface area contributed by atoms with Crippen molar-refractivity contribution in [3.8, 4) is 17.7 Å². The average molecular weight is 366 g/mol. The van der Waals surface area contributed by atoms with E-state index < -0.39 is 17.2 Å². The number of rotatable bonds is 4. The molecule has 0 radical (unpaired) electrons. The number of nitrogens with one attached hydrogen (secondary N) is 1.